The smallest absolute Gasteiger partial charge is 0.273 e. The standard InChI is InChI=1S/C21H21ClN4O2/c22-18-7-5-15(6-8-18)19-13-20(24-23-19)16-9-11-25(12-10-16)14-17-3-1-2-4-21(17)26(27)28/h1-8,13,16H,9-12,14H2,(H,23,24). The molecule has 1 N–H and O–H groups in total. The molecule has 28 heavy (non-hydrogen) atoms. The van der Waals surface area contributed by atoms with Crippen LogP contribution in [0.1, 0.15) is 30.0 Å². The molecule has 1 aliphatic rings. The molecule has 0 unspecified atom stereocenters. The van der Waals surface area contributed by atoms with Crippen molar-refractivity contribution in [1.82, 2.24) is 15.1 Å². The number of nitro benzene ring substituents is 1. The summed E-state index contributed by atoms with van der Waals surface area (Å²) in [7, 11) is 0. The Bertz CT molecular complexity index is 963. The number of rotatable bonds is 5. The summed E-state index contributed by atoms with van der Waals surface area (Å²) in [5.41, 5.74) is 4.11. The van der Waals surface area contributed by atoms with Crippen molar-refractivity contribution in [2.45, 2.75) is 25.3 Å². The largest absolute Gasteiger partial charge is 0.299 e. The summed E-state index contributed by atoms with van der Waals surface area (Å²) in [6.45, 7) is 2.42. The third-order valence-electron chi connectivity index (χ3n) is 5.34. The van der Waals surface area contributed by atoms with E-state index in [1.54, 1.807) is 12.1 Å². The Morgan fingerprint density at radius 2 is 1.86 bits per heavy atom. The lowest BCUT2D eigenvalue weighted by Crippen LogP contribution is -2.32. The third kappa shape index (κ3) is 4.08. The van der Waals surface area contributed by atoms with E-state index in [1.165, 1.54) is 0 Å². The summed E-state index contributed by atoms with van der Waals surface area (Å²) in [4.78, 5) is 13.2. The zero-order chi connectivity index (χ0) is 19.5. The molecule has 0 atom stereocenters. The average molecular weight is 397 g/mol. The van der Waals surface area contributed by atoms with Crippen LogP contribution in [0.4, 0.5) is 5.69 Å². The molecule has 4 rings (SSSR count). The minimum atomic E-state index is -0.301. The SMILES string of the molecule is O=[N+]([O-])c1ccccc1CN1CCC(c2cc(-c3ccc(Cl)cc3)[nH]n2)CC1. The van der Waals surface area contributed by atoms with Crippen LogP contribution >= 0.6 is 11.6 Å². The lowest BCUT2D eigenvalue weighted by atomic mass is 9.93. The summed E-state index contributed by atoms with van der Waals surface area (Å²) in [5, 5.41) is 19.6. The van der Waals surface area contributed by atoms with E-state index < -0.39 is 0 Å². The summed E-state index contributed by atoms with van der Waals surface area (Å²) in [6.07, 6.45) is 1.98. The minimum Gasteiger partial charge on any atom is -0.299 e. The molecule has 7 heteroatoms. The molecule has 1 fully saturated rings. The van der Waals surface area contributed by atoms with Gasteiger partial charge in [-0.05, 0) is 49.7 Å². The number of nitrogens with zero attached hydrogens (tertiary/aromatic N) is 3. The minimum absolute atomic E-state index is 0.199. The van der Waals surface area contributed by atoms with Gasteiger partial charge in [-0.25, -0.2) is 0 Å². The van der Waals surface area contributed by atoms with Crippen LogP contribution in [0, 0.1) is 10.1 Å². The van der Waals surface area contributed by atoms with Gasteiger partial charge in [0.05, 0.1) is 16.3 Å². The highest BCUT2D eigenvalue weighted by molar-refractivity contribution is 6.30. The second-order valence-electron chi connectivity index (χ2n) is 7.15. The van der Waals surface area contributed by atoms with Gasteiger partial charge in [-0.1, -0.05) is 41.9 Å². The molecule has 6 nitrogen and oxygen atoms in total. The molecular formula is C21H21ClN4O2. The Labute approximate surface area is 168 Å². The van der Waals surface area contributed by atoms with Crippen LogP contribution in [-0.2, 0) is 6.54 Å². The first-order valence-electron chi connectivity index (χ1n) is 9.36. The Balaban J connectivity index is 1.38. The first-order valence-corrected chi connectivity index (χ1v) is 9.74. The van der Waals surface area contributed by atoms with Gasteiger partial charge in [0, 0.05) is 29.1 Å². The molecule has 0 bridgehead atoms. The van der Waals surface area contributed by atoms with Crippen molar-refractivity contribution in [2.24, 2.45) is 0 Å². The number of nitrogens with one attached hydrogen (secondary N) is 1. The number of piperidine rings is 1. The van der Waals surface area contributed by atoms with Crippen molar-refractivity contribution in [3.05, 3.63) is 81.0 Å². The molecule has 0 aliphatic carbocycles. The summed E-state index contributed by atoms with van der Waals surface area (Å²) in [6, 6.07) is 16.8. The first-order chi connectivity index (χ1) is 13.6. The predicted octanol–water partition coefficient (Wildman–Crippen LogP) is 5.02. The lowest BCUT2D eigenvalue weighted by Gasteiger charge is -2.31. The number of aromatic amines is 1. The van der Waals surface area contributed by atoms with Crippen LogP contribution in [0.3, 0.4) is 0 Å². The molecule has 1 aromatic heterocycles. The molecule has 1 saturated heterocycles. The Morgan fingerprint density at radius 1 is 1.14 bits per heavy atom. The fourth-order valence-electron chi connectivity index (χ4n) is 3.77. The van der Waals surface area contributed by atoms with E-state index in [-0.39, 0.29) is 10.6 Å². The maximum atomic E-state index is 11.2. The average Bonchev–Trinajstić information content (AvgIpc) is 3.19. The molecule has 2 aromatic carbocycles. The fraction of sp³-hybridized carbons (Fsp3) is 0.286. The quantitative estimate of drug-likeness (QED) is 0.485. The van der Waals surface area contributed by atoms with E-state index in [2.05, 4.69) is 21.2 Å². The van der Waals surface area contributed by atoms with Crippen molar-refractivity contribution < 1.29 is 4.92 Å². The zero-order valence-electron chi connectivity index (χ0n) is 15.3. The summed E-state index contributed by atoms with van der Waals surface area (Å²) >= 11 is 5.96. The van der Waals surface area contributed by atoms with Crippen molar-refractivity contribution in [1.29, 1.82) is 0 Å². The summed E-state index contributed by atoms with van der Waals surface area (Å²) in [5.74, 6) is 0.402. The number of nitro groups is 1. The first kappa shape index (κ1) is 18.7. The Hall–Kier alpha value is -2.70. The van der Waals surface area contributed by atoms with Crippen LogP contribution < -0.4 is 0 Å². The van der Waals surface area contributed by atoms with Gasteiger partial charge in [-0.15, -0.1) is 0 Å². The number of H-pyrrole nitrogens is 1. The molecule has 0 radical (unpaired) electrons. The molecule has 0 amide bonds. The number of hydrogen-bond acceptors (Lipinski definition) is 4. The lowest BCUT2D eigenvalue weighted by molar-refractivity contribution is -0.385. The van der Waals surface area contributed by atoms with Gasteiger partial charge >= 0.3 is 0 Å². The van der Waals surface area contributed by atoms with Crippen molar-refractivity contribution in [3.63, 3.8) is 0 Å². The molecular weight excluding hydrogens is 376 g/mol. The molecule has 0 saturated carbocycles. The molecule has 0 spiro atoms. The number of halogens is 1. The molecule has 144 valence electrons. The van der Waals surface area contributed by atoms with Gasteiger partial charge in [0.2, 0.25) is 0 Å². The normalized spacial score (nSPS) is 15.6. The highest BCUT2D eigenvalue weighted by atomic mass is 35.5. The van der Waals surface area contributed by atoms with Crippen molar-refractivity contribution in [2.75, 3.05) is 13.1 Å². The molecule has 2 heterocycles. The number of benzene rings is 2. The Kier molecular flexibility index (Phi) is 5.41. The Morgan fingerprint density at radius 3 is 2.57 bits per heavy atom. The third-order valence-corrected chi connectivity index (χ3v) is 5.59. The van der Waals surface area contributed by atoms with Crippen LogP contribution in [0.2, 0.25) is 5.02 Å². The van der Waals surface area contributed by atoms with E-state index in [0.29, 0.717) is 12.5 Å². The number of hydrogen-bond donors (Lipinski definition) is 1. The molecule has 3 aromatic rings. The highest BCUT2D eigenvalue weighted by Gasteiger charge is 2.24. The van der Waals surface area contributed by atoms with Gasteiger partial charge in [0.25, 0.3) is 5.69 Å². The second kappa shape index (κ2) is 8.12. The van der Waals surface area contributed by atoms with Gasteiger partial charge in [0.1, 0.15) is 0 Å². The van der Waals surface area contributed by atoms with Crippen LogP contribution in [0.25, 0.3) is 11.3 Å². The van der Waals surface area contributed by atoms with Crippen LogP contribution in [0.5, 0.6) is 0 Å². The topological polar surface area (TPSA) is 75.1 Å². The van der Waals surface area contributed by atoms with Crippen LogP contribution in [-0.4, -0.2) is 33.1 Å². The molecule has 1 aliphatic heterocycles. The van der Waals surface area contributed by atoms with E-state index >= 15 is 0 Å². The summed E-state index contributed by atoms with van der Waals surface area (Å²) < 4.78 is 0. The van der Waals surface area contributed by atoms with Gasteiger partial charge in [0.15, 0.2) is 0 Å². The predicted molar refractivity (Wildman–Crippen MR) is 109 cm³/mol. The van der Waals surface area contributed by atoms with Crippen LogP contribution in [0.15, 0.2) is 54.6 Å². The number of aromatic nitrogens is 2. The van der Waals surface area contributed by atoms with E-state index in [1.807, 2.05) is 36.4 Å². The van der Waals surface area contributed by atoms with Crippen molar-refractivity contribution >= 4 is 17.3 Å². The zero-order valence-corrected chi connectivity index (χ0v) is 16.1. The van der Waals surface area contributed by atoms with Gasteiger partial charge < -0.3 is 0 Å². The maximum absolute atomic E-state index is 11.2. The van der Waals surface area contributed by atoms with E-state index in [0.717, 1.165) is 53.5 Å². The monoisotopic (exact) mass is 396 g/mol. The maximum Gasteiger partial charge on any atom is 0.273 e. The van der Waals surface area contributed by atoms with Gasteiger partial charge in [-0.2, -0.15) is 5.10 Å². The second-order valence-corrected chi connectivity index (χ2v) is 7.59. The van der Waals surface area contributed by atoms with Gasteiger partial charge in [-0.3, -0.25) is 20.1 Å². The highest BCUT2D eigenvalue weighted by Crippen LogP contribution is 2.31. The van der Waals surface area contributed by atoms with Crippen molar-refractivity contribution in [3.8, 4) is 11.3 Å². The fourth-order valence-corrected chi connectivity index (χ4v) is 3.90. The van der Waals surface area contributed by atoms with E-state index in [9.17, 15) is 10.1 Å². The number of para-hydroxylation sites is 1. The van der Waals surface area contributed by atoms with E-state index in [4.69, 9.17) is 11.6 Å². The number of likely N-dealkylation sites (tertiary alicyclic amines) is 1.